The highest BCUT2D eigenvalue weighted by molar-refractivity contribution is 7.13. The molecule has 1 aliphatic rings. The predicted octanol–water partition coefficient (Wildman–Crippen LogP) is 3.40. The molecule has 3 rings (SSSR count). The normalized spacial score (nSPS) is 15.0. The summed E-state index contributed by atoms with van der Waals surface area (Å²) >= 11 is 1.46. The summed E-state index contributed by atoms with van der Waals surface area (Å²) in [6.45, 7) is 2.80. The first-order valence-electron chi connectivity index (χ1n) is 9.09. The number of hydrogen-bond donors (Lipinski definition) is 0. The summed E-state index contributed by atoms with van der Waals surface area (Å²) < 4.78 is 5.54. The van der Waals surface area contributed by atoms with Gasteiger partial charge in [-0.2, -0.15) is 0 Å². The Morgan fingerprint density at radius 1 is 1.07 bits per heavy atom. The average Bonchev–Trinajstić information content (AvgIpc) is 3.25. The van der Waals surface area contributed by atoms with E-state index in [2.05, 4.69) is 20.6 Å². The first-order chi connectivity index (χ1) is 14.7. The van der Waals surface area contributed by atoms with Gasteiger partial charge < -0.3 is 24.1 Å². The van der Waals surface area contributed by atoms with Crippen LogP contribution in [0.1, 0.15) is 22.9 Å². The van der Waals surface area contributed by atoms with Crippen molar-refractivity contribution in [2.24, 2.45) is 20.6 Å². The van der Waals surface area contributed by atoms with Gasteiger partial charge in [0.25, 0.3) is 5.90 Å². The van der Waals surface area contributed by atoms with Gasteiger partial charge in [0.05, 0.1) is 4.88 Å². The van der Waals surface area contributed by atoms with Gasteiger partial charge in [-0.1, -0.05) is 45.8 Å². The summed E-state index contributed by atoms with van der Waals surface area (Å²) in [5.41, 5.74) is 3.35. The van der Waals surface area contributed by atoms with Crippen LogP contribution in [0.3, 0.4) is 0 Å². The topological polar surface area (TPSA) is 95.6 Å². The second-order valence-corrected chi connectivity index (χ2v) is 6.83. The summed E-state index contributed by atoms with van der Waals surface area (Å²) in [6, 6.07) is 11.5. The van der Waals surface area contributed by atoms with Crippen LogP contribution in [-0.2, 0) is 30.7 Å². The van der Waals surface area contributed by atoms with Gasteiger partial charge in [-0.25, -0.2) is 0 Å². The molecule has 2 aromatic rings. The standard InChI is InChI=1S/C20H22N4O5S/c1-14(17(22-25-2)15-7-5-4-6-8-15)21-29-13-16-9-12-30-19(16)18(23-26-3)20-24-28-11-10-27-20/h4-9,12H,10-11,13H2,1-3H3/b21-14+,22-17-,23-18+. The Morgan fingerprint density at radius 2 is 1.87 bits per heavy atom. The Morgan fingerprint density at radius 3 is 2.57 bits per heavy atom. The molecule has 0 fully saturated rings. The van der Waals surface area contributed by atoms with Gasteiger partial charge in [0, 0.05) is 11.1 Å². The van der Waals surface area contributed by atoms with Crippen molar-refractivity contribution in [3.8, 4) is 0 Å². The van der Waals surface area contributed by atoms with E-state index in [0.29, 0.717) is 30.3 Å². The Kier molecular flexibility index (Phi) is 7.78. The van der Waals surface area contributed by atoms with Crippen LogP contribution in [0.5, 0.6) is 0 Å². The number of oxime groups is 4. The molecule has 0 unspecified atom stereocenters. The molecule has 158 valence electrons. The third-order valence-electron chi connectivity index (χ3n) is 3.90. The summed E-state index contributed by atoms with van der Waals surface area (Å²) in [6.07, 6.45) is 0. The van der Waals surface area contributed by atoms with E-state index in [9.17, 15) is 0 Å². The second-order valence-electron chi connectivity index (χ2n) is 5.91. The van der Waals surface area contributed by atoms with Gasteiger partial charge in [-0.05, 0) is 23.5 Å². The van der Waals surface area contributed by atoms with Crippen molar-refractivity contribution in [3.05, 3.63) is 57.8 Å². The van der Waals surface area contributed by atoms with Crippen molar-refractivity contribution in [3.63, 3.8) is 0 Å². The van der Waals surface area contributed by atoms with E-state index in [4.69, 9.17) is 24.1 Å². The molecule has 0 spiro atoms. The molecule has 0 saturated heterocycles. The minimum atomic E-state index is 0.210. The molecule has 0 saturated carbocycles. The van der Waals surface area contributed by atoms with E-state index in [1.165, 1.54) is 25.6 Å². The third-order valence-corrected chi connectivity index (χ3v) is 4.87. The molecular formula is C20H22N4O5S. The fourth-order valence-corrected chi connectivity index (χ4v) is 3.48. The Labute approximate surface area is 178 Å². The van der Waals surface area contributed by atoms with E-state index in [-0.39, 0.29) is 12.5 Å². The minimum Gasteiger partial charge on any atom is -0.470 e. The molecule has 1 aliphatic heterocycles. The molecule has 0 atom stereocenters. The van der Waals surface area contributed by atoms with Crippen LogP contribution < -0.4 is 0 Å². The van der Waals surface area contributed by atoms with Crippen molar-refractivity contribution >= 4 is 34.4 Å². The highest BCUT2D eigenvalue weighted by Gasteiger charge is 2.23. The zero-order chi connectivity index (χ0) is 21.2. The molecule has 0 bridgehead atoms. The highest BCUT2D eigenvalue weighted by Crippen LogP contribution is 2.21. The van der Waals surface area contributed by atoms with Gasteiger partial charge in [0.2, 0.25) is 0 Å². The first kappa shape index (κ1) is 21.3. The number of rotatable bonds is 9. The fourth-order valence-electron chi connectivity index (χ4n) is 2.60. The Hall–Kier alpha value is -3.40. The maximum atomic E-state index is 5.60. The van der Waals surface area contributed by atoms with Crippen LogP contribution in [0.4, 0.5) is 0 Å². The van der Waals surface area contributed by atoms with Crippen molar-refractivity contribution in [2.75, 3.05) is 27.4 Å². The number of hydrogen-bond acceptors (Lipinski definition) is 10. The van der Waals surface area contributed by atoms with E-state index in [1.54, 1.807) is 6.92 Å². The van der Waals surface area contributed by atoms with Gasteiger partial charge in [-0.15, -0.1) is 11.3 Å². The fraction of sp³-hybridized carbons (Fsp3) is 0.300. The smallest absolute Gasteiger partial charge is 0.281 e. The lowest BCUT2D eigenvalue weighted by Gasteiger charge is -2.14. The van der Waals surface area contributed by atoms with Gasteiger partial charge in [-0.3, -0.25) is 0 Å². The zero-order valence-corrected chi connectivity index (χ0v) is 17.7. The summed E-state index contributed by atoms with van der Waals surface area (Å²) in [5, 5.41) is 18.2. The highest BCUT2D eigenvalue weighted by atomic mass is 32.1. The van der Waals surface area contributed by atoms with Crippen molar-refractivity contribution in [1.82, 2.24) is 0 Å². The van der Waals surface area contributed by atoms with E-state index in [0.717, 1.165) is 16.0 Å². The van der Waals surface area contributed by atoms with Crippen LogP contribution in [0, 0.1) is 0 Å². The van der Waals surface area contributed by atoms with Crippen molar-refractivity contribution < 1.29 is 24.1 Å². The molecule has 1 aromatic heterocycles. The molecule has 0 aliphatic carbocycles. The number of thiophene rings is 1. The zero-order valence-electron chi connectivity index (χ0n) is 16.9. The van der Waals surface area contributed by atoms with Crippen LogP contribution in [0.25, 0.3) is 0 Å². The Balaban J connectivity index is 1.75. The van der Waals surface area contributed by atoms with Gasteiger partial charge in [0.15, 0.2) is 12.3 Å². The van der Waals surface area contributed by atoms with Crippen LogP contribution >= 0.6 is 11.3 Å². The lowest BCUT2D eigenvalue weighted by atomic mass is 10.1. The lowest BCUT2D eigenvalue weighted by Crippen LogP contribution is -2.25. The average molecular weight is 430 g/mol. The SMILES string of the molecule is CO/N=C(/C1=NOCCO1)c1sccc1CO/N=C(C)/C(=N/OC)c1ccccc1. The van der Waals surface area contributed by atoms with Crippen LogP contribution in [-0.4, -0.2) is 50.5 Å². The molecule has 10 heteroatoms. The molecular weight excluding hydrogens is 408 g/mol. The maximum absolute atomic E-state index is 5.60. The third kappa shape index (κ3) is 5.35. The van der Waals surface area contributed by atoms with Crippen molar-refractivity contribution in [1.29, 1.82) is 0 Å². The first-order valence-corrected chi connectivity index (χ1v) is 9.97. The molecule has 0 N–H and O–H groups in total. The second kappa shape index (κ2) is 11.0. The van der Waals surface area contributed by atoms with E-state index in [1.807, 2.05) is 41.8 Å². The summed E-state index contributed by atoms with van der Waals surface area (Å²) in [5.74, 6) is 0.269. The summed E-state index contributed by atoms with van der Waals surface area (Å²) in [4.78, 5) is 21.4. The Bertz CT molecular complexity index is 953. The monoisotopic (exact) mass is 430 g/mol. The molecule has 9 nitrogen and oxygen atoms in total. The van der Waals surface area contributed by atoms with Crippen LogP contribution in [0.2, 0.25) is 0 Å². The number of nitrogens with zero attached hydrogens (tertiary/aromatic N) is 4. The summed E-state index contributed by atoms with van der Waals surface area (Å²) in [7, 11) is 2.95. The molecule has 0 radical (unpaired) electrons. The quantitative estimate of drug-likeness (QED) is 0.449. The molecule has 0 amide bonds. The van der Waals surface area contributed by atoms with E-state index >= 15 is 0 Å². The minimum absolute atomic E-state index is 0.210. The van der Waals surface area contributed by atoms with Gasteiger partial charge in [0.1, 0.15) is 38.9 Å². The van der Waals surface area contributed by atoms with Crippen molar-refractivity contribution in [2.45, 2.75) is 13.5 Å². The van der Waals surface area contributed by atoms with Crippen LogP contribution in [0.15, 0.2) is 62.4 Å². The molecule has 30 heavy (non-hydrogen) atoms. The van der Waals surface area contributed by atoms with E-state index < -0.39 is 0 Å². The molecule has 1 aromatic carbocycles. The van der Waals surface area contributed by atoms with Gasteiger partial charge >= 0.3 is 0 Å². The number of ether oxygens (including phenoxy) is 1. The predicted molar refractivity (Wildman–Crippen MR) is 115 cm³/mol. The molecule has 2 heterocycles. The lowest BCUT2D eigenvalue weighted by molar-refractivity contribution is 0.0672. The number of benzene rings is 1. The maximum Gasteiger partial charge on any atom is 0.281 e. The largest absolute Gasteiger partial charge is 0.470 e.